The SMILES string of the molecule is CC(c1cncn1Cc1ccc(C#N)cc1)N1CCN(c2ccccc2)C(=O)C1. The summed E-state index contributed by atoms with van der Waals surface area (Å²) >= 11 is 0. The maximum absolute atomic E-state index is 12.8. The molecule has 1 atom stereocenters. The van der Waals surface area contributed by atoms with Crippen molar-refractivity contribution in [2.45, 2.75) is 19.5 Å². The molecule has 1 aromatic heterocycles. The number of hydrogen-bond acceptors (Lipinski definition) is 4. The zero-order valence-electron chi connectivity index (χ0n) is 16.4. The van der Waals surface area contributed by atoms with Crippen LogP contribution in [0.3, 0.4) is 0 Å². The van der Waals surface area contributed by atoms with Gasteiger partial charge in [-0.05, 0) is 36.8 Å². The number of hydrogen-bond donors (Lipinski definition) is 0. The number of aromatic nitrogens is 2. The minimum absolute atomic E-state index is 0.0813. The number of benzene rings is 2. The van der Waals surface area contributed by atoms with Gasteiger partial charge in [-0.3, -0.25) is 9.69 Å². The quantitative estimate of drug-likeness (QED) is 0.676. The Balaban J connectivity index is 1.45. The molecule has 1 saturated heterocycles. The van der Waals surface area contributed by atoms with Crippen molar-refractivity contribution in [1.29, 1.82) is 5.26 Å². The van der Waals surface area contributed by atoms with Gasteiger partial charge in [-0.1, -0.05) is 30.3 Å². The van der Waals surface area contributed by atoms with Gasteiger partial charge in [-0.15, -0.1) is 0 Å². The molecule has 0 aliphatic carbocycles. The van der Waals surface area contributed by atoms with E-state index in [-0.39, 0.29) is 11.9 Å². The predicted octanol–water partition coefficient (Wildman–Crippen LogP) is 3.21. The van der Waals surface area contributed by atoms with Crippen LogP contribution < -0.4 is 4.90 Å². The minimum atomic E-state index is 0.0813. The molecule has 2 aromatic carbocycles. The topological polar surface area (TPSA) is 65.2 Å². The van der Waals surface area contributed by atoms with Gasteiger partial charge >= 0.3 is 0 Å². The first-order valence-electron chi connectivity index (χ1n) is 9.74. The fourth-order valence-corrected chi connectivity index (χ4v) is 3.78. The van der Waals surface area contributed by atoms with Crippen molar-refractivity contribution in [3.63, 3.8) is 0 Å². The van der Waals surface area contributed by atoms with Crippen LogP contribution in [0, 0.1) is 11.3 Å². The summed E-state index contributed by atoms with van der Waals surface area (Å²) in [7, 11) is 0. The van der Waals surface area contributed by atoms with E-state index in [1.807, 2.05) is 72.0 Å². The van der Waals surface area contributed by atoms with E-state index in [2.05, 4.69) is 27.4 Å². The van der Waals surface area contributed by atoms with Crippen molar-refractivity contribution < 1.29 is 4.79 Å². The molecule has 6 heteroatoms. The van der Waals surface area contributed by atoms with E-state index >= 15 is 0 Å². The van der Waals surface area contributed by atoms with Gasteiger partial charge in [0.25, 0.3) is 0 Å². The number of rotatable bonds is 5. The van der Waals surface area contributed by atoms with Crippen LogP contribution in [-0.4, -0.2) is 40.0 Å². The Labute approximate surface area is 170 Å². The Morgan fingerprint density at radius 1 is 1.10 bits per heavy atom. The van der Waals surface area contributed by atoms with E-state index in [1.165, 1.54) is 0 Å². The third-order valence-electron chi connectivity index (χ3n) is 5.47. The highest BCUT2D eigenvalue weighted by molar-refractivity contribution is 5.95. The van der Waals surface area contributed by atoms with Crippen LogP contribution in [0.1, 0.15) is 29.8 Å². The smallest absolute Gasteiger partial charge is 0.241 e. The summed E-state index contributed by atoms with van der Waals surface area (Å²) in [6.45, 7) is 4.68. The molecule has 1 aliphatic rings. The molecule has 0 radical (unpaired) electrons. The van der Waals surface area contributed by atoms with Crippen LogP contribution >= 0.6 is 0 Å². The van der Waals surface area contributed by atoms with Gasteiger partial charge < -0.3 is 9.47 Å². The predicted molar refractivity (Wildman–Crippen MR) is 111 cm³/mol. The van der Waals surface area contributed by atoms with Crippen molar-refractivity contribution in [2.24, 2.45) is 0 Å². The monoisotopic (exact) mass is 385 g/mol. The first-order valence-corrected chi connectivity index (χ1v) is 9.74. The van der Waals surface area contributed by atoms with E-state index < -0.39 is 0 Å². The van der Waals surface area contributed by atoms with Crippen LogP contribution in [0.2, 0.25) is 0 Å². The molecule has 0 spiro atoms. The number of amides is 1. The Kier molecular flexibility index (Phi) is 5.41. The maximum atomic E-state index is 12.8. The van der Waals surface area contributed by atoms with Gasteiger partial charge in [-0.25, -0.2) is 4.98 Å². The highest BCUT2D eigenvalue weighted by atomic mass is 16.2. The highest BCUT2D eigenvalue weighted by Crippen LogP contribution is 2.25. The first-order chi connectivity index (χ1) is 14.2. The number of nitrogens with zero attached hydrogens (tertiary/aromatic N) is 5. The molecule has 0 bridgehead atoms. The molecule has 2 heterocycles. The minimum Gasteiger partial charge on any atom is -0.329 e. The van der Waals surface area contributed by atoms with Crippen molar-refractivity contribution >= 4 is 11.6 Å². The fourth-order valence-electron chi connectivity index (χ4n) is 3.78. The lowest BCUT2D eigenvalue weighted by Gasteiger charge is -2.37. The van der Waals surface area contributed by atoms with Crippen LogP contribution in [0.15, 0.2) is 67.1 Å². The zero-order chi connectivity index (χ0) is 20.2. The molecular formula is C23H23N5O. The number of carbonyl (C=O) groups excluding carboxylic acids is 1. The average Bonchev–Trinajstić information content (AvgIpc) is 3.22. The average molecular weight is 385 g/mol. The molecule has 1 fully saturated rings. The summed E-state index contributed by atoms with van der Waals surface area (Å²) in [4.78, 5) is 21.1. The molecular weight excluding hydrogens is 362 g/mol. The van der Waals surface area contributed by atoms with Gasteiger partial charge in [0.05, 0.1) is 30.2 Å². The molecule has 29 heavy (non-hydrogen) atoms. The number of anilines is 1. The summed E-state index contributed by atoms with van der Waals surface area (Å²) in [6, 6.07) is 19.6. The second kappa shape index (κ2) is 8.29. The van der Waals surface area contributed by atoms with Crippen molar-refractivity contribution in [3.8, 4) is 6.07 Å². The Bertz CT molecular complexity index is 1020. The van der Waals surface area contributed by atoms with Crippen LogP contribution in [-0.2, 0) is 11.3 Å². The van der Waals surface area contributed by atoms with Crippen molar-refractivity contribution in [1.82, 2.24) is 14.5 Å². The van der Waals surface area contributed by atoms with Crippen LogP contribution in [0.5, 0.6) is 0 Å². The first kappa shape index (κ1) is 18.9. The van der Waals surface area contributed by atoms with Gasteiger partial charge in [0.15, 0.2) is 0 Å². The molecule has 4 rings (SSSR count). The number of imidazole rings is 1. The lowest BCUT2D eigenvalue weighted by molar-refractivity contribution is -0.122. The lowest BCUT2D eigenvalue weighted by Crippen LogP contribution is -2.51. The highest BCUT2D eigenvalue weighted by Gasteiger charge is 2.29. The lowest BCUT2D eigenvalue weighted by atomic mass is 10.1. The summed E-state index contributed by atoms with van der Waals surface area (Å²) in [5.41, 5.74) is 3.80. The van der Waals surface area contributed by atoms with Gasteiger partial charge in [-0.2, -0.15) is 5.26 Å². The second-order valence-electron chi connectivity index (χ2n) is 7.28. The number of piperazine rings is 1. The third-order valence-corrected chi connectivity index (χ3v) is 5.47. The molecule has 146 valence electrons. The molecule has 3 aromatic rings. The Hall–Kier alpha value is -3.43. The van der Waals surface area contributed by atoms with Crippen LogP contribution in [0.25, 0.3) is 0 Å². The molecule has 1 unspecified atom stereocenters. The van der Waals surface area contributed by atoms with E-state index in [4.69, 9.17) is 5.26 Å². The number of para-hydroxylation sites is 1. The van der Waals surface area contributed by atoms with Crippen molar-refractivity contribution in [3.05, 3.63) is 83.9 Å². The summed E-state index contributed by atoms with van der Waals surface area (Å²) < 4.78 is 2.11. The molecule has 1 amide bonds. The van der Waals surface area contributed by atoms with E-state index in [9.17, 15) is 4.79 Å². The number of carbonyl (C=O) groups is 1. The Morgan fingerprint density at radius 3 is 2.55 bits per heavy atom. The largest absolute Gasteiger partial charge is 0.329 e. The van der Waals surface area contributed by atoms with E-state index in [1.54, 1.807) is 0 Å². The maximum Gasteiger partial charge on any atom is 0.241 e. The Morgan fingerprint density at radius 2 is 1.86 bits per heavy atom. The standard InChI is InChI=1S/C23H23N5O/c1-18(26-11-12-28(23(29)16-26)21-5-3-2-4-6-21)22-14-25-17-27(22)15-20-9-7-19(13-24)8-10-20/h2-10,14,17-18H,11-12,15-16H2,1H3. The van der Waals surface area contributed by atoms with Crippen molar-refractivity contribution in [2.75, 3.05) is 24.5 Å². The van der Waals surface area contributed by atoms with E-state index in [0.29, 0.717) is 25.2 Å². The van der Waals surface area contributed by atoms with Gasteiger partial charge in [0, 0.05) is 37.6 Å². The second-order valence-corrected chi connectivity index (χ2v) is 7.28. The summed E-state index contributed by atoms with van der Waals surface area (Å²) in [6.07, 6.45) is 3.70. The zero-order valence-corrected chi connectivity index (χ0v) is 16.4. The molecule has 0 N–H and O–H groups in total. The van der Waals surface area contributed by atoms with E-state index in [0.717, 1.165) is 23.5 Å². The van der Waals surface area contributed by atoms with Gasteiger partial charge in [0.2, 0.25) is 5.91 Å². The number of nitriles is 1. The molecule has 6 nitrogen and oxygen atoms in total. The fraction of sp³-hybridized carbons (Fsp3) is 0.261. The summed E-state index contributed by atoms with van der Waals surface area (Å²) in [5.74, 6) is 0.118. The normalized spacial score (nSPS) is 15.9. The van der Waals surface area contributed by atoms with Crippen LogP contribution in [0.4, 0.5) is 5.69 Å². The third kappa shape index (κ3) is 4.05. The van der Waals surface area contributed by atoms with Gasteiger partial charge in [0.1, 0.15) is 0 Å². The summed E-state index contributed by atoms with van der Waals surface area (Å²) in [5, 5.41) is 8.96. The molecule has 1 aliphatic heterocycles. The molecule has 0 saturated carbocycles.